The summed E-state index contributed by atoms with van der Waals surface area (Å²) in [7, 11) is 0. The predicted molar refractivity (Wildman–Crippen MR) is 62.1 cm³/mol. The van der Waals surface area contributed by atoms with Crippen LogP contribution in [0.1, 0.15) is 53.9 Å². The van der Waals surface area contributed by atoms with E-state index in [9.17, 15) is 9.90 Å². The van der Waals surface area contributed by atoms with Gasteiger partial charge in [-0.3, -0.25) is 0 Å². The van der Waals surface area contributed by atoms with Gasteiger partial charge >= 0.3 is 5.97 Å². The third kappa shape index (κ3) is 3.46. The lowest BCUT2D eigenvalue weighted by molar-refractivity contribution is -0.373. The zero-order chi connectivity index (χ0) is 12.8. The van der Waals surface area contributed by atoms with Gasteiger partial charge in [-0.2, -0.15) is 0 Å². The summed E-state index contributed by atoms with van der Waals surface area (Å²) >= 11 is 0. The highest BCUT2D eigenvalue weighted by molar-refractivity contribution is 5.78. The van der Waals surface area contributed by atoms with E-state index in [0.29, 0.717) is 13.0 Å². The summed E-state index contributed by atoms with van der Waals surface area (Å²) in [5.74, 6) is -0.957. The Morgan fingerprint density at radius 2 is 1.81 bits per heavy atom. The summed E-state index contributed by atoms with van der Waals surface area (Å²) in [5, 5.41) is 9.41. The second kappa shape index (κ2) is 6.21. The summed E-state index contributed by atoms with van der Waals surface area (Å²) < 4.78 is 0. The van der Waals surface area contributed by atoms with Crippen molar-refractivity contribution in [1.82, 2.24) is 0 Å². The van der Waals surface area contributed by atoms with Crippen LogP contribution >= 0.6 is 0 Å². The summed E-state index contributed by atoms with van der Waals surface area (Å²) in [6.07, 6.45) is 2.19. The maximum absolute atomic E-state index is 11.5. The summed E-state index contributed by atoms with van der Waals surface area (Å²) in [6, 6.07) is 0. The fraction of sp³-hybridized carbons (Fsp3) is 0.917. The second-order valence-electron chi connectivity index (χ2n) is 4.98. The largest absolute Gasteiger partial charge is 0.479 e. The molecule has 0 amide bonds. The van der Waals surface area contributed by atoms with Gasteiger partial charge in [0.15, 0.2) is 0 Å². The first-order valence-electron chi connectivity index (χ1n) is 5.85. The number of carboxylic acid groups (broad SMARTS) is 1. The molecule has 0 aliphatic carbocycles. The molecular weight excluding hydrogens is 208 g/mol. The van der Waals surface area contributed by atoms with E-state index >= 15 is 0 Å². The molecule has 0 saturated carbocycles. The molecule has 4 heteroatoms. The molecule has 0 bridgehead atoms. The molecule has 96 valence electrons. The molecule has 1 unspecified atom stereocenters. The average molecular weight is 232 g/mol. The molecule has 1 N–H and O–H groups in total. The van der Waals surface area contributed by atoms with Crippen LogP contribution in [0.25, 0.3) is 0 Å². The Hall–Kier alpha value is -0.610. The Bertz CT molecular complexity index is 210. The number of hydrogen-bond acceptors (Lipinski definition) is 3. The lowest BCUT2D eigenvalue weighted by Gasteiger charge is -2.39. The topological polar surface area (TPSA) is 55.8 Å². The van der Waals surface area contributed by atoms with Crippen LogP contribution < -0.4 is 0 Å². The number of rotatable bonds is 7. The summed E-state index contributed by atoms with van der Waals surface area (Å²) in [5.41, 5.74) is -1.78. The van der Waals surface area contributed by atoms with Gasteiger partial charge in [0.2, 0.25) is 5.60 Å². The van der Waals surface area contributed by atoms with Crippen LogP contribution in [-0.4, -0.2) is 23.3 Å². The SMILES string of the molecule is CCCCC(OOCC)(C(=O)O)C(C)(C)C. The van der Waals surface area contributed by atoms with Gasteiger partial charge in [0, 0.05) is 5.41 Å². The summed E-state index contributed by atoms with van der Waals surface area (Å²) in [6.45, 7) is 9.71. The molecule has 0 radical (unpaired) electrons. The van der Waals surface area contributed by atoms with Gasteiger partial charge in [-0.1, -0.05) is 40.5 Å². The van der Waals surface area contributed by atoms with E-state index in [1.165, 1.54) is 0 Å². The van der Waals surface area contributed by atoms with Gasteiger partial charge in [-0.15, -0.1) is 0 Å². The third-order valence-corrected chi connectivity index (χ3v) is 2.76. The zero-order valence-electron chi connectivity index (χ0n) is 11.0. The molecule has 0 saturated heterocycles. The molecule has 0 heterocycles. The van der Waals surface area contributed by atoms with Gasteiger partial charge in [-0.25, -0.2) is 14.6 Å². The van der Waals surface area contributed by atoms with Gasteiger partial charge < -0.3 is 5.11 Å². The minimum absolute atomic E-state index is 0.344. The van der Waals surface area contributed by atoms with Crippen molar-refractivity contribution in [2.24, 2.45) is 5.41 Å². The summed E-state index contributed by atoms with van der Waals surface area (Å²) in [4.78, 5) is 21.6. The monoisotopic (exact) mass is 232 g/mol. The van der Waals surface area contributed by atoms with Crippen molar-refractivity contribution >= 4 is 5.97 Å². The van der Waals surface area contributed by atoms with Crippen LogP contribution in [0.15, 0.2) is 0 Å². The molecule has 1 atom stereocenters. The normalized spacial score (nSPS) is 15.8. The fourth-order valence-corrected chi connectivity index (χ4v) is 1.59. The molecule has 0 fully saturated rings. The molecule has 4 nitrogen and oxygen atoms in total. The highest BCUT2D eigenvalue weighted by atomic mass is 17.2. The third-order valence-electron chi connectivity index (χ3n) is 2.76. The number of carbonyl (C=O) groups is 1. The number of aliphatic carboxylic acids is 1. The highest BCUT2D eigenvalue weighted by Crippen LogP contribution is 2.38. The van der Waals surface area contributed by atoms with Crippen molar-refractivity contribution in [3.05, 3.63) is 0 Å². The van der Waals surface area contributed by atoms with Crippen LogP contribution in [-0.2, 0) is 14.6 Å². The number of carboxylic acids is 1. The van der Waals surface area contributed by atoms with Crippen molar-refractivity contribution in [2.75, 3.05) is 6.61 Å². The standard InChI is InChI=1S/C12H24O4/c1-6-8-9-12(10(13)14,11(3,4)5)16-15-7-2/h6-9H2,1-5H3,(H,13,14). The van der Waals surface area contributed by atoms with Crippen LogP contribution in [0.5, 0.6) is 0 Å². The number of hydrogen-bond donors (Lipinski definition) is 1. The first-order chi connectivity index (χ1) is 7.31. The predicted octanol–water partition coefficient (Wildman–Crippen LogP) is 3.01. The Kier molecular flexibility index (Phi) is 5.97. The lowest BCUT2D eigenvalue weighted by Crippen LogP contribution is -2.52. The van der Waals surface area contributed by atoms with Gasteiger partial charge in [-0.05, 0) is 13.3 Å². The Balaban J connectivity index is 4.98. The molecule has 0 aromatic rings. The van der Waals surface area contributed by atoms with Crippen molar-refractivity contribution in [3.63, 3.8) is 0 Å². The van der Waals surface area contributed by atoms with E-state index in [1.807, 2.05) is 27.7 Å². The van der Waals surface area contributed by atoms with E-state index in [2.05, 4.69) is 0 Å². The molecule has 0 aromatic carbocycles. The second-order valence-corrected chi connectivity index (χ2v) is 4.98. The van der Waals surface area contributed by atoms with E-state index in [-0.39, 0.29) is 0 Å². The van der Waals surface area contributed by atoms with Crippen LogP contribution in [0.3, 0.4) is 0 Å². The lowest BCUT2D eigenvalue weighted by atomic mass is 9.73. The quantitative estimate of drug-likeness (QED) is 0.541. The van der Waals surface area contributed by atoms with Crippen molar-refractivity contribution in [3.8, 4) is 0 Å². The maximum Gasteiger partial charge on any atom is 0.339 e. The van der Waals surface area contributed by atoms with E-state index in [4.69, 9.17) is 9.78 Å². The smallest absolute Gasteiger partial charge is 0.339 e. The maximum atomic E-state index is 11.5. The molecule has 0 spiro atoms. The highest BCUT2D eigenvalue weighted by Gasteiger charge is 2.51. The minimum atomic E-state index is -1.26. The molecule has 16 heavy (non-hydrogen) atoms. The number of unbranched alkanes of at least 4 members (excludes halogenated alkanes) is 1. The first kappa shape index (κ1) is 15.4. The average Bonchev–Trinajstić information content (AvgIpc) is 2.16. The first-order valence-corrected chi connectivity index (χ1v) is 5.85. The van der Waals surface area contributed by atoms with Crippen LogP contribution in [0.2, 0.25) is 0 Å². The molecule has 0 aromatic heterocycles. The Morgan fingerprint density at radius 1 is 1.25 bits per heavy atom. The van der Waals surface area contributed by atoms with E-state index < -0.39 is 17.0 Å². The van der Waals surface area contributed by atoms with Crippen LogP contribution in [0.4, 0.5) is 0 Å². The molecule has 0 aliphatic rings. The van der Waals surface area contributed by atoms with Gasteiger partial charge in [0.25, 0.3) is 0 Å². The van der Waals surface area contributed by atoms with Crippen molar-refractivity contribution in [2.45, 2.75) is 59.5 Å². The minimum Gasteiger partial charge on any atom is -0.479 e. The Labute approximate surface area is 97.9 Å². The van der Waals surface area contributed by atoms with Crippen molar-refractivity contribution in [1.29, 1.82) is 0 Å². The fourth-order valence-electron chi connectivity index (χ4n) is 1.59. The van der Waals surface area contributed by atoms with E-state index in [0.717, 1.165) is 12.8 Å². The van der Waals surface area contributed by atoms with Gasteiger partial charge in [0.1, 0.15) is 0 Å². The van der Waals surface area contributed by atoms with Gasteiger partial charge in [0.05, 0.1) is 6.61 Å². The molecule has 0 aliphatic heterocycles. The zero-order valence-corrected chi connectivity index (χ0v) is 11.0. The Morgan fingerprint density at radius 3 is 2.12 bits per heavy atom. The van der Waals surface area contributed by atoms with E-state index in [1.54, 1.807) is 6.92 Å². The van der Waals surface area contributed by atoms with Crippen molar-refractivity contribution < 1.29 is 19.7 Å². The molecular formula is C12H24O4. The van der Waals surface area contributed by atoms with Crippen LogP contribution in [0, 0.1) is 5.41 Å². The molecule has 0 rings (SSSR count).